The fraction of sp³-hybridized carbons (Fsp3) is 0.261. The number of nitrogens with zero attached hydrogens (tertiary/aromatic N) is 2. The van der Waals surface area contributed by atoms with Crippen LogP contribution < -0.4 is 20.7 Å². The fourth-order valence-corrected chi connectivity index (χ4v) is 4.10. The minimum atomic E-state index is -4.79. The number of thiazole rings is 1. The van der Waals surface area contributed by atoms with E-state index >= 15 is 0 Å². The van der Waals surface area contributed by atoms with Gasteiger partial charge in [-0.3, -0.25) is 15.0 Å². The monoisotopic (exact) mass is 521 g/mol. The largest absolute Gasteiger partial charge is 0.573 e. The Hall–Kier alpha value is -3.68. The minimum absolute atomic E-state index is 0.121. The number of aromatic nitrogens is 1. The van der Waals surface area contributed by atoms with Gasteiger partial charge < -0.3 is 20.1 Å². The van der Waals surface area contributed by atoms with Crippen molar-refractivity contribution in [3.05, 3.63) is 53.9 Å². The van der Waals surface area contributed by atoms with Gasteiger partial charge in [-0.1, -0.05) is 12.1 Å². The summed E-state index contributed by atoms with van der Waals surface area (Å²) >= 11 is 1.20. The van der Waals surface area contributed by atoms with Crippen LogP contribution in [0.25, 0.3) is 11.3 Å². The molecule has 1 aromatic heterocycles. The van der Waals surface area contributed by atoms with E-state index in [9.17, 15) is 22.8 Å². The van der Waals surface area contributed by atoms with Gasteiger partial charge in [0.05, 0.1) is 25.5 Å². The Morgan fingerprint density at radius 2 is 1.78 bits per heavy atom. The second-order valence-corrected chi connectivity index (χ2v) is 8.56. The molecule has 3 N–H and O–H groups in total. The first kappa shape index (κ1) is 25.4. The zero-order chi connectivity index (χ0) is 25.5. The molecule has 9 nitrogen and oxygen atoms in total. The second kappa shape index (κ2) is 11.4. The lowest BCUT2D eigenvalue weighted by atomic mass is 10.1. The molecule has 0 radical (unpaired) electrons. The van der Waals surface area contributed by atoms with Crippen LogP contribution in [0.3, 0.4) is 0 Å². The molecule has 1 aliphatic heterocycles. The van der Waals surface area contributed by atoms with Gasteiger partial charge >= 0.3 is 12.4 Å². The molecule has 1 saturated heterocycles. The van der Waals surface area contributed by atoms with Gasteiger partial charge in [0, 0.05) is 35.4 Å². The highest BCUT2D eigenvalue weighted by molar-refractivity contribution is 7.14. The molecule has 0 spiro atoms. The summed E-state index contributed by atoms with van der Waals surface area (Å²) in [6.07, 6.45) is -4.79. The van der Waals surface area contributed by atoms with E-state index in [1.807, 2.05) is 11.0 Å². The van der Waals surface area contributed by atoms with Crippen molar-refractivity contribution >= 4 is 39.8 Å². The molecule has 0 bridgehead atoms. The molecule has 4 rings (SSSR count). The van der Waals surface area contributed by atoms with E-state index in [0.29, 0.717) is 42.8 Å². The Morgan fingerprint density at radius 3 is 2.50 bits per heavy atom. The number of amides is 3. The van der Waals surface area contributed by atoms with Gasteiger partial charge in [-0.15, -0.1) is 24.5 Å². The predicted molar refractivity (Wildman–Crippen MR) is 129 cm³/mol. The third-order valence-corrected chi connectivity index (χ3v) is 5.74. The summed E-state index contributed by atoms with van der Waals surface area (Å²) in [7, 11) is 0. The Balaban J connectivity index is 1.31. The average molecular weight is 522 g/mol. The molecule has 3 aromatic rings. The zero-order valence-electron chi connectivity index (χ0n) is 18.8. The number of morpholine rings is 1. The van der Waals surface area contributed by atoms with Crippen molar-refractivity contribution in [3.8, 4) is 17.0 Å². The van der Waals surface area contributed by atoms with Crippen LogP contribution in [0.5, 0.6) is 5.75 Å². The number of nitrogens with one attached hydrogen (secondary N) is 3. The van der Waals surface area contributed by atoms with E-state index in [1.54, 1.807) is 23.6 Å². The number of ether oxygens (including phenoxy) is 2. The van der Waals surface area contributed by atoms with Crippen molar-refractivity contribution < 1.29 is 32.2 Å². The summed E-state index contributed by atoms with van der Waals surface area (Å²) < 4.78 is 45.8. The standard InChI is InChI=1S/C23H22F3N5O4S/c24-23(25,26)35-18-6-4-16(5-7-18)28-21(33)30-22-29-19(14-36-22)15-2-1-3-17(12-15)27-20(32)13-31-8-10-34-11-9-31/h1-7,12,14H,8-11,13H2,(H,27,32)(H2,28,29,30,33). The number of hydrogen-bond acceptors (Lipinski definition) is 7. The first-order chi connectivity index (χ1) is 17.2. The summed E-state index contributed by atoms with van der Waals surface area (Å²) in [6, 6.07) is 11.4. The van der Waals surface area contributed by atoms with Crippen LogP contribution in [0.2, 0.25) is 0 Å². The summed E-state index contributed by atoms with van der Waals surface area (Å²) in [5, 5.41) is 10.1. The third-order valence-electron chi connectivity index (χ3n) is 4.98. The molecule has 2 aromatic carbocycles. The molecular weight excluding hydrogens is 499 g/mol. The number of anilines is 3. The normalized spacial score (nSPS) is 14.2. The molecule has 0 unspecified atom stereocenters. The van der Waals surface area contributed by atoms with Crippen molar-refractivity contribution in [2.45, 2.75) is 6.36 Å². The number of halogens is 3. The predicted octanol–water partition coefficient (Wildman–Crippen LogP) is 4.62. The molecule has 2 heterocycles. The number of urea groups is 1. The molecule has 36 heavy (non-hydrogen) atoms. The van der Waals surface area contributed by atoms with Crippen LogP contribution in [-0.4, -0.2) is 61.0 Å². The first-order valence-corrected chi connectivity index (χ1v) is 11.7. The first-order valence-electron chi connectivity index (χ1n) is 10.8. The van der Waals surface area contributed by atoms with Crippen LogP contribution in [-0.2, 0) is 9.53 Å². The molecule has 0 saturated carbocycles. The molecule has 0 atom stereocenters. The van der Waals surface area contributed by atoms with E-state index in [4.69, 9.17) is 4.74 Å². The molecule has 3 amide bonds. The van der Waals surface area contributed by atoms with Gasteiger partial charge in [-0.05, 0) is 36.4 Å². The molecule has 1 aliphatic rings. The molecule has 13 heteroatoms. The number of benzene rings is 2. The maximum atomic E-state index is 12.4. The molecular formula is C23H22F3N5O4S. The maximum Gasteiger partial charge on any atom is 0.573 e. The summed E-state index contributed by atoms with van der Waals surface area (Å²) in [5.74, 6) is -0.512. The van der Waals surface area contributed by atoms with Crippen molar-refractivity contribution in [3.63, 3.8) is 0 Å². The molecule has 1 fully saturated rings. The highest BCUT2D eigenvalue weighted by Gasteiger charge is 2.31. The Kier molecular flexibility index (Phi) is 8.03. The van der Waals surface area contributed by atoms with E-state index in [1.165, 1.54) is 23.5 Å². The summed E-state index contributed by atoms with van der Waals surface area (Å²) in [4.78, 5) is 31.0. The van der Waals surface area contributed by atoms with Crippen LogP contribution in [0.4, 0.5) is 34.5 Å². The van der Waals surface area contributed by atoms with Gasteiger partial charge in [0.25, 0.3) is 0 Å². The minimum Gasteiger partial charge on any atom is -0.406 e. The summed E-state index contributed by atoms with van der Waals surface area (Å²) in [5.41, 5.74) is 2.26. The zero-order valence-corrected chi connectivity index (χ0v) is 19.6. The van der Waals surface area contributed by atoms with E-state index in [2.05, 4.69) is 25.7 Å². The SMILES string of the molecule is O=C(CN1CCOCC1)Nc1cccc(-c2csc(NC(=O)Nc3ccc(OC(F)(F)F)cc3)n2)c1. The van der Waals surface area contributed by atoms with Crippen molar-refractivity contribution in [1.82, 2.24) is 9.88 Å². The van der Waals surface area contributed by atoms with Crippen molar-refractivity contribution in [2.24, 2.45) is 0 Å². The number of hydrogen-bond donors (Lipinski definition) is 3. The van der Waals surface area contributed by atoms with E-state index in [0.717, 1.165) is 17.7 Å². The Morgan fingerprint density at radius 1 is 1.03 bits per heavy atom. The molecule has 190 valence electrons. The lowest BCUT2D eigenvalue weighted by Gasteiger charge is -2.25. The van der Waals surface area contributed by atoms with Crippen LogP contribution in [0.15, 0.2) is 53.9 Å². The van der Waals surface area contributed by atoms with Gasteiger partial charge in [-0.25, -0.2) is 9.78 Å². The number of carbonyl (C=O) groups is 2. The second-order valence-electron chi connectivity index (χ2n) is 7.71. The van der Waals surface area contributed by atoms with Gasteiger partial charge in [0.1, 0.15) is 5.75 Å². The summed E-state index contributed by atoms with van der Waals surface area (Å²) in [6.45, 7) is 2.95. The maximum absolute atomic E-state index is 12.4. The van der Waals surface area contributed by atoms with E-state index in [-0.39, 0.29) is 18.1 Å². The Bertz CT molecular complexity index is 1200. The van der Waals surface area contributed by atoms with Gasteiger partial charge in [0.15, 0.2) is 5.13 Å². The van der Waals surface area contributed by atoms with Crippen LogP contribution >= 0.6 is 11.3 Å². The molecule has 0 aliphatic carbocycles. The van der Waals surface area contributed by atoms with Gasteiger partial charge in [-0.2, -0.15) is 0 Å². The number of rotatable bonds is 7. The highest BCUT2D eigenvalue weighted by Crippen LogP contribution is 2.27. The lowest BCUT2D eigenvalue weighted by Crippen LogP contribution is -2.41. The van der Waals surface area contributed by atoms with E-state index < -0.39 is 18.1 Å². The van der Waals surface area contributed by atoms with Gasteiger partial charge in [0.2, 0.25) is 5.91 Å². The smallest absolute Gasteiger partial charge is 0.406 e. The third kappa shape index (κ3) is 7.66. The average Bonchev–Trinajstić information content (AvgIpc) is 3.28. The topological polar surface area (TPSA) is 105 Å². The fourth-order valence-electron chi connectivity index (χ4n) is 3.38. The van der Waals surface area contributed by atoms with Crippen molar-refractivity contribution in [1.29, 1.82) is 0 Å². The number of carbonyl (C=O) groups excluding carboxylic acids is 2. The Labute approximate surface area is 208 Å². The number of alkyl halides is 3. The lowest BCUT2D eigenvalue weighted by molar-refractivity contribution is -0.274. The quantitative estimate of drug-likeness (QED) is 0.419. The van der Waals surface area contributed by atoms with Crippen molar-refractivity contribution in [2.75, 3.05) is 48.8 Å². The highest BCUT2D eigenvalue weighted by atomic mass is 32.1. The van der Waals surface area contributed by atoms with Crippen LogP contribution in [0, 0.1) is 0 Å². The van der Waals surface area contributed by atoms with Crippen LogP contribution in [0.1, 0.15) is 0 Å².